The van der Waals surface area contributed by atoms with Crippen LogP contribution in [-0.2, 0) is 11.3 Å². The fourth-order valence-electron chi connectivity index (χ4n) is 1.96. The van der Waals surface area contributed by atoms with Gasteiger partial charge in [-0.15, -0.1) is 0 Å². The van der Waals surface area contributed by atoms with Gasteiger partial charge in [-0.2, -0.15) is 0 Å². The van der Waals surface area contributed by atoms with Crippen LogP contribution in [0.5, 0.6) is 5.75 Å². The van der Waals surface area contributed by atoms with Gasteiger partial charge in [0.15, 0.2) is 5.96 Å². The minimum absolute atomic E-state index is 0.576. The molecule has 1 aromatic carbocycles. The zero-order valence-electron chi connectivity index (χ0n) is 14.5. The number of ether oxygens (including phenoxy) is 2. The Bertz CT molecular complexity index is 493. The number of hydrogen-bond donors (Lipinski definition) is 2. The van der Waals surface area contributed by atoms with Crippen LogP contribution in [-0.4, -0.2) is 39.9 Å². The molecule has 5 nitrogen and oxygen atoms in total. The Hall–Kier alpha value is -1.46. The third-order valence-electron chi connectivity index (χ3n) is 3.13. The van der Waals surface area contributed by atoms with Gasteiger partial charge in [0.05, 0.1) is 7.11 Å². The van der Waals surface area contributed by atoms with Crippen molar-refractivity contribution in [3.05, 3.63) is 28.8 Å². The van der Waals surface area contributed by atoms with Gasteiger partial charge >= 0.3 is 0 Å². The molecule has 0 aliphatic rings. The molecule has 0 unspecified atom stereocenters. The number of nitrogens with one attached hydrogen (secondary N) is 2. The lowest BCUT2D eigenvalue weighted by Crippen LogP contribution is -2.37. The summed E-state index contributed by atoms with van der Waals surface area (Å²) in [5.74, 6) is 2.10. The summed E-state index contributed by atoms with van der Waals surface area (Å²) in [5.41, 5.74) is 1.03. The van der Waals surface area contributed by atoms with E-state index in [0.29, 0.717) is 17.5 Å². The van der Waals surface area contributed by atoms with E-state index in [4.69, 9.17) is 21.1 Å². The molecule has 0 heterocycles. The number of hydrogen-bond acceptors (Lipinski definition) is 3. The summed E-state index contributed by atoms with van der Waals surface area (Å²) in [6.45, 7) is 7.29. The summed E-state index contributed by atoms with van der Waals surface area (Å²) in [7, 11) is 3.39. The lowest BCUT2D eigenvalue weighted by molar-refractivity contribution is 0.108. The summed E-state index contributed by atoms with van der Waals surface area (Å²) >= 11 is 5.97. The van der Waals surface area contributed by atoms with E-state index >= 15 is 0 Å². The van der Waals surface area contributed by atoms with E-state index in [1.807, 2.05) is 12.1 Å². The van der Waals surface area contributed by atoms with Gasteiger partial charge in [-0.1, -0.05) is 31.5 Å². The van der Waals surface area contributed by atoms with Crippen LogP contribution in [0.3, 0.4) is 0 Å². The van der Waals surface area contributed by atoms with Crippen molar-refractivity contribution in [3.8, 4) is 5.75 Å². The van der Waals surface area contributed by atoms with Gasteiger partial charge < -0.3 is 20.1 Å². The zero-order chi connectivity index (χ0) is 17.1. The predicted octanol–water partition coefficient (Wildman–Crippen LogP) is 3.08. The molecule has 0 saturated heterocycles. The minimum atomic E-state index is 0.576. The van der Waals surface area contributed by atoms with E-state index in [-0.39, 0.29) is 0 Å². The van der Waals surface area contributed by atoms with Crippen molar-refractivity contribution in [2.45, 2.75) is 26.8 Å². The fourth-order valence-corrected chi connectivity index (χ4v) is 2.13. The van der Waals surface area contributed by atoms with Crippen molar-refractivity contribution in [1.29, 1.82) is 0 Å². The summed E-state index contributed by atoms with van der Waals surface area (Å²) in [4.78, 5) is 4.21. The van der Waals surface area contributed by atoms with E-state index in [1.54, 1.807) is 20.2 Å². The van der Waals surface area contributed by atoms with Crippen LogP contribution >= 0.6 is 11.6 Å². The third-order valence-corrected chi connectivity index (χ3v) is 3.36. The standard InChI is InChI=1S/C17H28ClN3O2/c1-13(2)12-23-9-5-8-20-17(19-3)21-11-14-6-7-15(18)10-16(14)22-4/h6-7,10,13H,5,8-9,11-12H2,1-4H3,(H2,19,20,21). The second kappa shape index (κ2) is 11.1. The number of halogens is 1. The van der Waals surface area contributed by atoms with E-state index in [9.17, 15) is 0 Å². The molecule has 0 spiro atoms. The second-order valence-corrected chi connectivity index (χ2v) is 6.07. The maximum atomic E-state index is 5.97. The van der Waals surface area contributed by atoms with Crippen molar-refractivity contribution >= 4 is 17.6 Å². The molecule has 0 bridgehead atoms. The second-order valence-electron chi connectivity index (χ2n) is 5.63. The highest BCUT2D eigenvalue weighted by Crippen LogP contribution is 2.22. The van der Waals surface area contributed by atoms with Crippen molar-refractivity contribution < 1.29 is 9.47 Å². The monoisotopic (exact) mass is 341 g/mol. The molecule has 0 amide bonds. The Morgan fingerprint density at radius 1 is 1.30 bits per heavy atom. The summed E-state index contributed by atoms with van der Waals surface area (Å²) in [6.07, 6.45) is 0.942. The first kappa shape index (κ1) is 19.6. The first-order valence-corrected chi connectivity index (χ1v) is 8.29. The van der Waals surface area contributed by atoms with E-state index in [1.165, 1.54) is 0 Å². The Morgan fingerprint density at radius 3 is 2.74 bits per heavy atom. The molecule has 1 rings (SSSR count). The Kier molecular flexibility index (Phi) is 9.48. The van der Waals surface area contributed by atoms with Crippen molar-refractivity contribution in [3.63, 3.8) is 0 Å². The number of nitrogens with zero attached hydrogens (tertiary/aromatic N) is 1. The van der Waals surface area contributed by atoms with Crippen LogP contribution in [0.25, 0.3) is 0 Å². The summed E-state index contributed by atoms with van der Waals surface area (Å²) < 4.78 is 10.9. The molecule has 0 atom stereocenters. The highest BCUT2D eigenvalue weighted by atomic mass is 35.5. The van der Waals surface area contributed by atoms with Crippen LogP contribution in [0.2, 0.25) is 5.02 Å². The molecule has 2 N–H and O–H groups in total. The molecule has 130 valence electrons. The van der Waals surface area contributed by atoms with Crippen LogP contribution < -0.4 is 15.4 Å². The SMILES string of the molecule is CN=C(NCCCOCC(C)C)NCc1ccc(Cl)cc1OC. The molecule has 6 heteroatoms. The minimum Gasteiger partial charge on any atom is -0.496 e. The molecule has 0 radical (unpaired) electrons. The first-order chi connectivity index (χ1) is 11.1. The average Bonchev–Trinajstić information content (AvgIpc) is 2.54. The molecule has 0 saturated carbocycles. The zero-order valence-corrected chi connectivity index (χ0v) is 15.2. The van der Waals surface area contributed by atoms with Crippen LogP contribution in [0, 0.1) is 5.92 Å². The fraction of sp³-hybridized carbons (Fsp3) is 0.588. The van der Waals surface area contributed by atoms with Gasteiger partial charge in [0, 0.05) is 43.9 Å². The lowest BCUT2D eigenvalue weighted by Gasteiger charge is -2.14. The van der Waals surface area contributed by atoms with E-state index in [0.717, 1.165) is 43.5 Å². The highest BCUT2D eigenvalue weighted by molar-refractivity contribution is 6.30. The predicted molar refractivity (Wildman–Crippen MR) is 96.5 cm³/mol. The van der Waals surface area contributed by atoms with Gasteiger partial charge in [-0.25, -0.2) is 0 Å². The maximum absolute atomic E-state index is 5.97. The Labute approximate surface area is 144 Å². The molecule has 0 aromatic heterocycles. The van der Waals surface area contributed by atoms with Crippen molar-refractivity contribution in [2.75, 3.05) is 33.9 Å². The number of guanidine groups is 1. The van der Waals surface area contributed by atoms with Crippen LogP contribution in [0.4, 0.5) is 0 Å². The number of rotatable bonds is 9. The van der Waals surface area contributed by atoms with E-state index in [2.05, 4.69) is 29.5 Å². The smallest absolute Gasteiger partial charge is 0.191 e. The largest absolute Gasteiger partial charge is 0.496 e. The first-order valence-electron chi connectivity index (χ1n) is 7.91. The van der Waals surface area contributed by atoms with Gasteiger partial charge in [-0.05, 0) is 24.5 Å². The van der Waals surface area contributed by atoms with Gasteiger partial charge in [0.2, 0.25) is 0 Å². The number of benzene rings is 1. The van der Waals surface area contributed by atoms with Crippen molar-refractivity contribution in [2.24, 2.45) is 10.9 Å². The highest BCUT2D eigenvalue weighted by Gasteiger charge is 2.05. The van der Waals surface area contributed by atoms with Gasteiger partial charge in [0.25, 0.3) is 0 Å². The van der Waals surface area contributed by atoms with Crippen LogP contribution in [0.15, 0.2) is 23.2 Å². The maximum Gasteiger partial charge on any atom is 0.191 e. The molecule has 1 aromatic rings. The Morgan fingerprint density at radius 2 is 2.09 bits per heavy atom. The molecule has 0 aliphatic heterocycles. The average molecular weight is 342 g/mol. The normalized spacial score (nSPS) is 11.7. The molecule has 23 heavy (non-hydrogen) atoms. The Balaban J connectivity index is 2.32. The summed E-state index contributed by atoms with van der Waals surface area (Å²) in [6, 6.07) is 5.60. The molecular formula is C17H28ClN3O2. The quantitative estimate of drug-likeness (QED) is 0.412. The van der Waals surface area contributed by atoms with Crippen molar-refractivity contribution in [1.82, 2.24) is 10.6 Å². The van der Waals surface area contributed by atoms with Crippen LogP contribution in [0.1, 0.15) is 25.8 Å². The summed E-state index contributed by atoms with van der Waals surface area (Å²) in [5, 5.41) is 7.19. The number of methoxy groups -OCH3 is 1. The lowest BCUT2D eigenvalue weighted by atomic mass is 10.2. The van der Waals surface area contributed by atoms with Gasteiger partial charge in [0.1, 0.15) is 5.75 Å². The third kappa shape index (κ3) is 8.09. The van der Waals surface area contributed by atoms with E-state index < -0.39 is 0 Å². The topological polar surface area (TPSA) is 54.9 Å². The number of aliphatic imine (C=N–C) groups is 1. The van der Waals surface area contributed by atoms with Gasteiger partial charge in [-0.3, -0.25) is 4.99 Å². The molecule has 0 aliphatic carbocycles. The molecular weight excluding hydrogens is 314 g/mol. The molecule has 0 fully saturated rings.